The van der Waals surface area contributed by atoms with E-state index in [0.717, 1.165) is 0 Å². The summed E-state index contributed by atoms with van der Waals surface area (Å²) in [6.45, 7) is 5.79. The van der Waals surface area contributed by atoms with Crippen LogP contribution in [0.2, 0.25) is 0 Å². The molecule has 0 aromatic rings. The number of hydrogen-bond donors (Lipinski definition) is 3. The summed E-state index contributed by atoms with van der Waals surface area (Å²) >= 11 is 0. The third-order valence-electron chi connectivity index (χ3n) is 0. The average Bonchev–Trinajstić information content (AvgIpc) is 1.70. The molecule has 65 valence electrons. The van der Waals surface area contributed by atoms with Crippen molar-refractivity contribution in [2.75, 3.05) is 19.8 Å². The molecule has 0 fully saturated rings. The molecule has 0 rings (SSSR count). The third-order valence-corrected chi connectivity index (χ3v) is 0. The predicted octanol–water partition coefficient (Wildman–Crippen LogP) is -3.27. The molecule has 0 saturated heterocycles. The van der Waals surface area contributed by atoms with Gasteiger partial charge in [0.15, 0.2) is 0 Å². The van der Waals surface area contributed by atoms with Gasteiger partial charge in [-0.25, -0.2) is 0 Å². The minimum absolute atomic E-state index is 0. The van der Waals surface area contributed by atoms with E-state index in [1.165, 1.54) is 0 Å². The van der Waals surface area contributed by atoms with Crippen molar-refractivity contribution >= 4 is 8.41 Å². The van der Waals surface area contributed by atoms with Crippen LogP contribution in [-0.2, 0) is 0 Å². The maximum absolute atomic E-state index is 7.57. The van der Waals surface area contributed by atoms with Crippen molar-refractivity contribution in [2.45, 2.75) is 20.8 Å². The first-order valence-electron chi connectivity index (χ1n) is 3.07. The first-order chi connectivity index (χ1) is 4.24. The van der Waals surface area contributed by atoms with E-state index in [1.807, 2.05) is 0 Å². The van der Waals surface area contributed by atoms with Gasteiger partial charge in [0.1, 0.15) is 0 Å². The second-order valence-electron chi connectivity index (χ2n) is 0.949. The molecule has 3 nitrogen and oxygen atoms in total. The standard InChI is InChI=1S/3C2H6O.B.Na.H/c3*1-2-3;;;/h3*3H,2H2,1H3;;;/q;;;;+1;-1. The molecule has 0 unspecified atom stereocenters. The van der Waals surface area contributed by atoms with Gasteiger partial charge < -0.3 is 16.7 Å². The van der Waals surface area contributed by atoms with Crippen molar-refractivity contribution in [1.82, 2.24) is 0 Å². The summed E-state index contributed by atoms with van der Waals surface area (Å²) < 4.78 is 0. The Labute approximate surface area is 95.2 Å². The largest absolute Gasteiger partial charge is 1.00 e. The van der Waals surface area contributed by atoms with E-state index >= 15 is 0 Å². The monoisotopic (exact) mass is 173 g/mol. The van der Waals surface area contributed by atoms with Crippen molar-refractivity contribution in [2.24, 2.45) is 0 Å². The Balaban J connectivity index is -0.00000001000. The van der Waals surface area contributed by atoms with Crippen LogP contribution in [0.25, 0.3) is 0 Å². The summed E-state index contributed by atoms with van der Waals surface area (Å²) in [5.74, 6) is 0. The molecule has 0 aromatic heterocycles. The summed E-state index contributed by atoms with van der Waals surface area (Å²) in [5.41, 5.74) is 0. The molecule has 0 amide bonds. The SMILES string of the molecule is CCO.CCO.CCO.[B].[H-].[Na+]. The van der Waals surface area contributed by atoms with Crippen LogP contribution in [0.1, 0.15) is 22.2 Å². The van der Waals surface area contributed by atoms with Gasteiger partial charge in [0.2, 0.25) is 0 Å². The van der Waals surface area contributed by atoms with Gasteiger partial charge in [0, 0.05) is 28.2 Å². The Morgan fingerprint density at radius 3 is 0.818 bits per heavy atom. The molecule has 0 aliphatic rings. The Morgan fingerprint density at radius 1 is 0.818 bits per heavy atom. The van der Waals surface area contributed by atoms with E-state index in [4.69, 9.17) is 15.3 Å². The van der Waals surface area contributed by atoms with Crippen molar-refractivity contribution in [3.8, 4) is 0 Å². The van der Waals surface area contributed by atoms with Crippen LogP contribution in [0.3, 0.4) is 0 Å². The fourth-order valence-electron chi connectivity index (χ4n) is 0. The zero-order chi connectivity index (χ0) is 8.12. The van der Waals surface area contributed by atoms with Crippen molar-refractivity contribution in [3.05, 3.63) is 0 Å². The van der Waals surface area contributed by atoms with Crippen LogP contribution in [0, 0.1) is 0 Å². The van der Waals surface area contributed by atoms with E-state index in [2.05, 4.69) is 0 Å². The normalized spacial score (nSPS) is 4.91. The predicted molar refractivity (Wildman–Crippen MR) is 45.1 cm³/mol. The van der Waals surface area contributed by atoms with Gasteiger partial charge in [0.25, 0.3) is 0 Å². The summed E-state index contributed by atoms with van der Waals surface area (Å²) in [6.07, 6.45) is 0. The fourth-order valence-corrected chi connectivity index (χ4v) is 0. The van der Waals surface area contributed by atoms with Crippen molar-refractivity contribution in [3.63, 3.8) is 0 Å². The summed E-state index contributed by atoms with van der Waals surface area (Å²) in [5, 5.41) is 22.7. The molecule has 11 heavy (non-hydrogen) atoms. The molecular formula is C6H19BNaO3. The number of aliphatic hydroxyl groups is 3. The first kappa shape index (κ1) is 29.7. The molecule has 0 aliphatic carbocycles. The summed E-state index contributed by atoms with van der Waals surface area (Å²) in [4.78, 5) is 0. The fraction of sp³-hybridized carbons (Fsp3) is 1.00. The molecule has 3 N–H and O–H groups in total. The molecule has 0 spiro atoms. The Kier molecular flexibility index (Phi) is 188. The van der Waals surface area contributed by atoms with Crippen LogP contribution >= 0.6 is 0 Å². The van der Waals surface area contributed by atoms with E-state index in [9.17, 15) is 0 Å². The molecule has 0 aliphatic heterocycles. The number of hydrogen-bond acceptors (Lipinski definition) is 3. The minimum atomic E-state index is 0. The molecule has 0 atom stereocenters. The molecule has 0 saturated carbocycles. The Hall–Kier alpha value is 0.945. The van der Waals surface area contributed by atoms with Crippen LogP contribution in [0.4, 0.5) is 0 Å². The molecule has 5 heteroatoms. The Morgan fingerprint density at radius 2 is 0.818 bits per heavy atom. The van der Waals surface area contributed by atoms with Gasteiger partial charge in [-0.3, -0.25) is 0 Å². The maximum Gasteiger partial charge on any atom is 1.00 e. The van der Waals surface area contributed by atoms with Gasteiger partial charge in [-0.1, -0.05) is 0 Å². The van der Waals surface area contributed by atoms with E-state index < -0.39 is 0 Å². The molecule has 0 heterocycles. The Bertz CT molecular complexity index is 27.5. The topological polar surface area (TPSA) is 60.7 Å². The van der Waals surface area contributed by atoms with E-state index in [-0.39, 0.29) is 59.2 Å². The first-order valence-corrected chi connectivity index (χ1v) is 3.07. The van der Waals surface area contributed by atoms with Crippen LogP contribution in [0.5, 0.6) is 0 Å². The zero-order valence-electron chi connectivity index (χ0n) is 9.04. The van der Waals surface area contributed by atoms with Gasteiger partial charge in [-0.15, -0.1) is 0 Å². The third kappa shape index (κ3) is 981. The smallest absolute Gasteiger partial charge is 1.00 e. The molecular weight excluding hydrogens is 154 g/mol. The molecule has 0 bridgehead atoms. The van der Waals surface area contributed by atoms with Crippen molar-refractivity contribution in [1.29, 1.82) is 0 Å². The quantitative estimate of drug-likeness (QED) is 0.337. The van der Waals surface area contributed by atoms with E-state index in [0.29, 0.717) is 0 Å². The minimum Gasteiger partial charge on any atom is -1.00 e. The second-order valence-corrected chi connectivity index (χ2v) is 0.949. The average molecular weight is 173 g/mol. The summed E-state index contributed by atoms with van der Waals surface area (Å²) in [7, 11) is 0. The number of aliphatic hydroxyl groups excluding tert-OH is 3. The number of rotatable bonds is 0. The van der Waals surface area contributed by atoms with Crippen LogP contribution < -0.4 is 29.6 Å². The van der Waals surface area contributed by atoms with Gasteiger partial charge in [-0.2, -0.15) is 0 Å². The van der Waals surface area contributed by atoms with Gasteiger partial charge >= 0.3 is 29.6 Å². The molecule has 0 aromatic carbocycles. The van der Waals surface area contributed by atoms with Crippen LogP contribution in [-0.4, -0.2) is 43.6 Å². The maximum atomic E-state index is 7.57. The molecule has 3 radical (unpaired) electrons. The van der Waals surface area contributed by atoms with Crippen molar-refractivity contribution < 1.29 is 46.3 Å². The summed E-state index contributed by atoms with van der Waals surface area (Å²) in [6, 6.07) is 0. The van der Waals surface area contributed by atoms with Crippen LogP contribution in [0.15, 0.2) is 0 Å². The zero-order valence-corrected chi connectivity index (χ0v) is 10.0. The van der Waals surface area contributed by atoms with E-state index in [1.54, 1.807) is 20.8 Å². The van der Waals surface area contributed by atoms with Gasteiger partial charge in [-0.05, 0) is 20.8 Å². The second kappa shape index (κ2) is 69.6. The van der Waals surface area contributed by atoms with Gasteiger partial charge in [0.05, 0.1) is 0 Å².